The van der Waals surface area contributed by atoms with Crippen molar-refractivity contribution in [3.8, 4) is 28.4 Å². The number of fused-ring (bicyclic) bond motifs is 7. The van der Waals surface area contributed by atoms with Crippen molar-refractivity contribution in [2.75, 3.05) is 0 Å². The van der Waals surface area contributed by atoms with Gasteiger partial charge >= 0.3 is 0 Å². The Morgan fingerprint density at radius 2 is 1.05 bits per heavy atom. The van der Waals surface area contributed by atoms with Gasteiger partial charge in [0.1, 0.15) is 17.3 Å². The highest BCUT2D eigenvalue weighted by Crippen LogP contribution is 2.76. The third-order valence-corrected chi connectivity index (χ3v) is 13.5. The van der Waals surface area contributed by atoms with Crippen LogP contribution in [0.15, 0.2) is 146 Å². The molecule has 0 amide bonds. The number of quaternary nitrogens is 2. The maximum absolute atomic E-state index is 7.08. The van der Waals surface area contributed by atoms with Crippen LogP contribution in [0, 0.1) is 6.67 Å². The van der Waals surface area contributed by atoms with Crippen LogP contribution in [0.4, 0.5) is 22.7 Å². The third kappa shape index (κ3) is 6.54. The molecule has 2 aromatic heterocycles. The zero-order chi connectivity index (χ0) is 44.5. The summed E-state index contributed by atoms with van der Waals surface area (Å²) in [5.41, 5.74) is 14.7. The van der Waals surface area contributed by atoms with E-state index >= 15 is 0 Å². The van der Waals surface area contributed by atoms with E-state index in [9.17, 15) is 0 Å². The topological polar surface area (TPSA) is 27.1 Å². The first-order chi connectivity index (χ1) is 29.7. The number of hydrogen-bond donors (Lipinski definition) is 0. The van der Waals surface area contributed by atoms with E-state index in [4.69, 9.17) is 9.72 Å². The summed E-state index contributed by atoms with van der Waals surface area (Å²) in [5, 5.41) is 2.36. The standard InChI is InChI=1S/C58H61N4O/c1-55(2,3)40-22-25-52-53(33-40)62(44-29-39(38-18-14-13-15-19-38)28-42(30-44)57(7,8)9)37-61(52,62)45-31-43(58(10,11)12)32-47(35-45)63-46-23-24-49-48-20-16-17-21-50(48)60(51(49)36-46)54-34-41(26-27-59-54)56(4,5)6/h13-37H,1-12H3/q+1/t61?,62-/m0/s1. The summed E-state index contributed by atoms with van der Waals surface area (Å²) in [7, 11) is 0. The lowest BCUT2D eigenvalue weighted by atomic mass is 9.84. The van der Waals surface area contributed by atoms with Crippen molar-refractivity contribution >= 4 is 44.6 Å². The van der Waals surface area contributed by atoms with Crippen molar-refractivity contribution < 1.29 is 4.74 Å². The highest BCUT2D eigenvalue weighted by atomic mass is 16.5. The van der Waals surface area contributed by atoms with E-state index in [2.05, 4.69) is 234 Å². The van der Waals surface area contributed by atoms with Crippen molar-refractivity contribution in [3.05, 3.63) is 175 Å². The molecule has 0 aliphatic carbocycles. The summed E-state index contributed by atoms with van der Waals surface area (Å²) in [6, 6.07) is 51.7. The summed E-state index contributed by atoms with van der Waals surface area (Å²) in [6.07, 6.45) is 1.94. The van der Waals surface area contributed by atoms with Crippen molar-refractivity contribution in [1.82, 2.24) is 18.7 Å². The van der Waals surface area contributed by atoms with Gasteiger partial charge in [-0.2, -0.15) is 9.18 Å². The predicted molar refractivity (Wildman–Crippen MR) is 265 cm³/mol. The van der Waals surface area contributed by atoms with E-state index in [1.807, 2.05) is 6.20 Å². The molecule has 2 atom stereocenters. The summed E-state index contributed by atoms with van der Waals surface area (Å²) in [6.45, 7) is 30.1. The number of para-hydroxylation sites is 1. The van der Waals surface area contributed by atoms with Crippen LogP contribution in [0.5, 0.6) is 11.5 Å². The molecule has 8 aromatic rings. The van der Waals surface area contributed by atoms with E-state index in [1.165, 1.54) is 66.9 Å². The van der Waals surface area contributed by atoms with Gasteiger partial charge in [0.15, 0.2) is 18.0 Å². The average Bonchev–Trinajstić information content (AvgIpc) is 3.73. The lowest BCUT2D eigenvalue weighted by molar-refractivity contribution is 0.419. The minimum Gasteiger partial charge on any atom is -0.457 e. The Labute approximate surface area is 374 Å². The second kappa shape index (κ2) is 13.7. The minimum atomic E-state index is -0.130. The van der Waals surface area contributed by atoms with Gasteiger partial charge in [0.25, 0.3) is 0 Å². The van der Waals surface area contributed by atoms with Gasteiger partial charge in [-0.3, -0.25) is 4.57 Å². The second-order valence-electron chi connectivity index (χ2n) is 22.1. The Balaban J connectivity index is 1.14. The molecule has 63 heavy (non-hydrogen) atoms. The molecule has 1 saturated heterocycles. The van der Waals surface area contributed by atoms with Crippen LogP contribution in [0.2, 0.25) is 0 Å². The van der Waals surface area contributed by atoms with Crippen LogP contribution in [-0.2, 0) is 21.7 Å². The Bertz CT molecular complexity index is 3110. The molecule has 10 rings (SSSR count). The quantitative estimate of drug-likeness (QED) is 0.0948. The maximum atomic E-state index is 7.08. The Morgan fingerprint density at radius 3 is 1.75 bits per heavy atom. The van der Waals surface area contributed by atoms with Crippen LogP contribution < -0.4 is 13.9 Å². The highest BCUT2D eigenvalue weighted by molar-refractivity contribution is 6.09. The first-order valence-corrected chi connectivity index (χ1v) is 22.5. The summed E-state index contributed by atoms with van der Waals surface area (Å²) in [5.74, 6) is 2.52. The Kier molecular flexibility index (Phi) is 8.95. The van der Waals surface area contributed by atoms with Crippen LogP contribution >= 0.6 is 0 Å². The van der Waals surface area contributed by atoms with Gasteiger partial charge in [-0.1, -0.05) is 144 Å². The largest absolute Gasteiger partial charge is 0.457 e. The number of benzene rings is 6. The van der Waals surface area contributed by atoms with E-state index in [1.54, 1.807) is 0 Å². The lowest BCUT2D eigenvalue weighted by Crippen LogP contribution is -2.47. The first kappa shape index (κ1) is 41.0. The summed E-state index contributed by atoms with van der Waals surface area (Å²) < 4.78 is 10.6. The molecule has 0 N–H and O–H groups in total. The number of aromatic nitrogens is 2. The lowest BCUT2D eigenvalue weighted by Gasteiger charge is -2.41. The number of pyridine rings is 1. The molecule has 6 aromatic carbocycles. The highest BCUT2D eigenvalue weighted by Gasteiger charge is 2.78. The fourth-order valence-corrected chi connectivity index (χ4v) is 9.68. The molecule has 1 fully saturated rings. The zero-order valence-electron chi connectivity index (χ0n) is 39.1. The molecule has 4 heterocycles. The van der Waals surface area contributed by atoms with E-state index < -0.39 is 0 Å². The van der Waals surface area contributed by atoms with Crippen molar-refractivity contribution in [2.24, 2.45) is 0 Å². The fourth-order valence-electron chi connectivity index (χ4n) is 9.68. The van der Waals surface area contributed by atoms with Crippen LogP contribution in [0.1, 0.15) is 105 Å². The molecular formula is C58H61N4O+. The van der Waals surface area contributed by atoms with Gasteiger partial charge in [-0.15, -0.1) is 0 Å². The van der Waals surface area contributed by atoms with Crippen molar-refractivity contribution in [2.45, 2.75) is 105 Å². The molecule has 0 bridgehead atoms. The first-order valence-electron chi connectivity index (χ1n) is 22.5. The maximum Gasteiger partial charge on any atom is 0.225 e. The van der Waals surface area contributed by atoms with Gasteiger partial charge in [0.2, 0.25) is 11.4 Å². The molecule has 5 nitrogen and oxygen atoms in total. The van der Waals surface area contributed by atoms with Crippen LogP contribution in [0.3, 0.4) is 0 Å². The van der Waals surface area contributed by atoms with Gasteiger partial charge < -0.3 is 4.74 Å². The van der Waals surface area contributed by atoms with Gasteiger partial charge in [-0.05, 0) is 91.4 Å². The van der Waals surface area contributed by atoms with Crippen LogP contribution in [0.25, 0.3) is 38.8 Å². The molecule has 0 radical (unpaired) electrons. The molecule has 2 aliphatic rings. The predicted octanol–water partition coefficient (Wildman–Crippen LogP) is 16.2. The smallest absolute Gasteiger partial charge is 0.225 e. The number of nitrogens with zero attached hydrogens (tertiary/aromatic N) is 4. The SMILES string of the molecule is CC(C)(C)c1cc(Oc2ccc3c4ccccc4n(-c4cc(C(C)(C)C)ccn4)c3c2)cc([N+]23[CH-][N@+]2(c2cc(-c4ccccc4)cc(C(C)(C)C)c2)c2cc(C(C)(C)C)ccc23)c1. The normalized spacial score (nSPS) is 18.5. The van der Waals surface area contributed by atoms with Gasteiger partial charge in [0, 0.05) is 59.4 Å². The summed E-state index contributed by atoms with van der Waals surface area (Å²) in [4.78, 5) is 4.93. The molecule has 2 aliphatic heterocycles. The van der Waals surface area contributed by atoms with Crippen molar-refractivity contribution in [3.63, 3.8) is 0 Å². The summed E-state index contributed by atoms with van der Waals surface area (Å²) >= 11 is 0. The monoisotopic (exact) mass is 829 g/mol. The average molecular weight is 830 g/mol. The van der Waals surface area contributed by atoms with Gasteiger partial charge in [-0.25, -0.2) is 4.98 Å². The number of ether oxygens (including phenoxy) is 1. The molecule has 0 saturated carbocycles. The molecular weight excluding hydrogens is 769 g/mol. The van der Waals surface area contributed by atoms with E-state index in [0.29, 0.717) is 9.18 Å². The Hall–Kier alpha value is -6.01. The third-order valence-electron chi connectivity index (χ3n) is 13.5. The van der Waals surface area contributed by atoms with Gasteiger partial charge in [0.05, 0.1) is 11.0 Å². The van der Waals surface area contributed by atoms with E-state index in [0.717, 1.165) is 28.4 Å². The Morgan fingerprint density at radius 1 is 0.444 bits per heavy atom. The second-order valence-corrected chi connectivity index (χ2v) is 22.1. The molecule has 0 spiro atoms. The molecule has 1 unspecified atom stereocenters. The number of hydrogen-bond acceptors (Lipinski definition) is 2. The minimum absolute atomic E-state index is 0.00809. The molecule has 5 heteroatoms. The van der Waals surface area contributed by atoms with Crippen molar-refractivity contribution in [1.29, 1.82) is 0 Å². The zero-order valence-corrected chi connectivity index (χ0v) is 39.1. The molecule has 318 valence electrons. The van der Waals surface area contributed by atoms with Crippen LogP contribution in [-0.4, -0.2) is 9.55 Å². The van der Waals surface area contributed by atoms with E-state index in [-0.39, 0.29) is 21.7 Å². The number of rotatable bonds is 6. The fraction of sp³-hybridized carbons (Fsp3) is 0.276.